The van der Waals surface area contributed by atoms with Crippen LogP contribution < -0.4 is 10.3 Å². The van der Waals surface area contributed by atoms with Gasteiger partial charge in [0.05, 0.1) is 5.52 Å². The van der Waals surface area contributed by atoms with Gasteiger partial charge >= 0.3 is 0 Å². The van der Waals surface area contributed by atoms with Crippen LogP contribution in [-0.2, 0) is 4.79 Å². The number of nitrogens with zero attached hydrogens (tertiary/aromatic N) is 1. The normalized spacial score (nSPS) is 15.3. The molecular weight excluding hydrogens is 364 g/mol. The molecule has 0 radical (unpaired) electrons. The molecule has 1 amide bonds. The van der Waals surface area contributed by atoms with Crippen LogP contribution in [0.1, 0.15) is 31.7 Å². The molecule has 5 heteroatoms. The number of hydrogen-bond donors (Lipinski definition) is 1. The van der Waals surface area contributed by atoms with Gasteiger partial charge in [0.15, 0.2) is 6.10 Å². The summed E-state index contributed by atoms with van der Waals surface area (Å²) in [6.07, 6.45) is 2.73. The fourth-order valence-corrected chi connectivity index (χ4v) is 4.04. The topological polar surface area (TPSA) is 62.4 Å². The van der Waals surface area contributed by atoms with E-state index in [1.165, 1.54) is 6.42 Å². The lowest BCUT2D eigenvalue weighted by atomic mass is 9.97. The van der Waals surface area contributed by atoms with Gasteiger partial charge in [0.2, 0.25) is 5.56 Å². The van der Waals surface area contributed by atoms with Gasteiger partial charge in [-0.3, -0.25) is 9.59 Å². The number of fused-ring (bicyclic) bond motifs is 1. The summed E-state index contributed by atoms with van der Waals surface area (Å²) in [5, 5.41) is 0.946. The number of aryl methyl sites for hydroxylation is 1. The minimum Gasteiger partial charge on any atom is -0.481 e. The molecule has 1 unspecified atom stereocenters. The number of benzene rings is 2. The third-order valence-electron chi connectivity index (χ3n) is 5.58. The highest BCUT2D eigenvalue weighted by Crippen LogP contribution is 2.30. The van der Waals surface area contributed by atoms with Crippen LogP contribution in [-0.4, -0.2) is 35.0 Å². The number of pyridine rings is 1. The van der Waals surface area contributed by atoms with E-state index < -0.39 is 6.10 Å². The van der Waals surface area contributed by atoms with Crippen LogP contribution in [0.4, 0.5) is 0 Å². The van der Waals surface area contributed by atoms with Crippen molar-refractivity contribution in [2.45, 2.75) is 39.2 Å². The largest absolute Gasteiger partial charge is 0.481 e. The van der Waals surface area contributed by atoms with Crippen molar-refractivity contribution in [3.8, 4) is 16.9 Å². The Kier molecular flexibility index (Phi) is 5.38. The molecule has 1 saturated heterocycles. The molecule has 0 aliphatic carbocycles. The molecule has 29 heavy (non-hydrogen) atoms. The highest BCUT2D eigenvalue weighted by molar-refractivity contribution is 5.95. The van der Waals surface area contributed by atoms with Gasteiger partial charge in [0, 0.05) is 30.6 Å². The maximum atomic E-state index is 12.6. The monoisotopic (exact) mass is 390 g/mol. The van der Waals surface area contributed by atoms with Crippen LogP contribution in [0.3, 0.4) is 0 Å². The Morgan fingerprint density at radius 1 is 1.03 bits per heavy atom. The molecule has 1 atom stereocenters. The molecular formula is C24H26N2O3. The third-order valence-corrected chi connectivity index (χ3v) is 5.58. The average molecular weight is 390 g/mol. The Morgan fingerprint density at radius 3 is 2.55 bits per heavy atom. The van der Waals surface area contributed by atoms with Gasteiger partial charge in [-0.25, -0.2) is 0 Å². The molecule has 0 spiro atoms. The number of ether oxygens (including phenoxy) is 1. The standard InChI is InChI=1S/C24H26N2O3/c1-16-8-4-5-9-19(16)21-15-23(27)25-22-14-18(10-11-20(21)22)29-17(2)24(28)26-12-6-3-7-13-26/h4-5,8-11,14-15,17H,3,6-7,12-13H2,1-2H3,(H,25,27). The van der Waals surface area contributed by atoms with Crippen LogP contribution in [0.15, 0.2) is 53.3 Å². The molecule has 0 saturated carbocycles. The fraction of sp³-hybridized carbons (Fsp3) is 0.333. The minimum atomic E-state index is -0.558. The number of nitrogens with one attached hydrogen (secondary N) is 1. The lowest BCUT2D eigenvalue weighted by molar-refractivity contribution is -0.138. The summed E-state index contributed by atoms with van der Waals surface area (Å²) in [6.45, 7) is 5.43. The van der Waals surface area contributed by atoms with Crippen LogP contribution in [0.2, 0.25) is 0 Å². The number of rotatable bonds is 4. The number of amides is 1. The van der Waals surface area contributed by atoms with Gasteiger partial charge in [-0.1, -0.05) is 24.3 Å². The molecule has 0 bridgehead atoms. The minimum absolute atomic E-state index is 0.0203. The average Bonchev–Trinajstić information content (AvgIpc) is 2.73. The van der Waals surface area contributed by atoms with Crippen molar-refractivity contribution >= 4 is 16.8 Å². The summed E-state index contributed by atoms with van der Waals surface area (Å²) >= 11 is 0. The first-order valence-corrected chi connectivity index (χ1v) is 10.2. The highest BCUT2D eigenvalue weighted by Gasteiger charge is 2.23. The van der Waals surface area contributed by atoms with Gasteiger partial charge < -0.3 is 14.6 Å². The first kappa shape index (κ1) is 19.2. The van der Waals surface area contributed by atoms with Crippen molar-refractivity contribution in [1.29, 1.82) is 0 Å². The maximum Gasteiger partial charge on any atom is 0.263 e. The molecule has 3 aromatic rings. The van der Waals surface area contributed by atoms with Crippen LogP contribution in [0, 0.1) is 6.92 Å². The van der Waals surface area contributed by atoms with E-state index in [2.05, 4.69) is 4.98 Å². The number of likely N-dealkylation sites (tertiary alicyclic amines) is 1. The second kappa shape index (κ2) is 8.11. The Labute approximate surface area is 170 Å². The van der Waals surface area contributed by atoms with Crippen molar-refractivity contribution in [3.63, 3.8) is 0 Å². The summed E-state index contributed by atoms with van der Waals surface area (Å²) in [4.78, 5) is 29.7. The number of piperidine rings is 1. The smallest absolute Gasteiger partial charge is 0.263 e. The second-order valence-electron chi connectivity index (χ2n) is 7.72. The number of H-pyrrole nitrogens is 1. The Hall–Kier alpha value is -3.08. The van der Waals surface area contributed by atoms with Crippen LogP contribution >= 0.6 is 0 Å². The lowest BCUT2D eigenvalue weighted by Crippen LogP contribution is -2.43. The maximum absolute atomic E-state index is 12.6. The van der Waals surface area contributed by atoms with E-state index in [0.29, 0.717) is 11.3 Å². The van der Waals surface area contributed by atoms with E-state index in [0.717, 1.165) is 48.0 Å². The Bertz CT molecular complexity index is 1100. The summed E-state index contributed by atoms with van der Waals surface area (Å²) in [5.41, 5.74) is 3.58. The zero-order chi connectivity index (χ0) is 20.4. The van der Waals surface area contributed by atoms with Crippen molar-refractivity contribution in [3.05, 3.63) is 64.4 Å². The van der Waals surface area contributed by atoms with Crippen LogP contribution in [0.5, 0.6) is 5.75 Å². The number of aromatic amines is 1. The Balaban J connectivity index is 1.64. The molecule has 1 N–H and O–H groups in total. The molecule has 1 aliphatic heterocycles. The number of carbonyl (C=O) groups excluding carboxylic acids is 1. The first-order chi connectivity index (χ1) is 14.0. The van der Waals surface area contributed by atoms with E-state index in [4.69, 9.17) is 4.74 Å². The third kappa shape index (κ3) is 4.04. The summed E-state index contributed by atoms with van der Waals surface area (Å²) < 4.78 is 5.93. The highest BCUT2D eigenvalue weighted by atomic mass is 16.5. The van der Waals surface area contributed by atoms with E-state index >= 15 is 0 Å². The zero-order valence-corrected chi connectivity index (χ0v) is 16.9. The fourth-order valence-electron chi connectivity index (χ4n) is 4.04. The van der Waals surface area contributed by atoms with E-state index in [-0.39, 0.29) is 11.5 Å². The van der Waals surface area contributed by atoms with Crippen molar-refractivity contribution < 1.29 is 9.53 Å². The molecule has 2 heterocycles. The SMILES string of the molecule is Cc1ccccc1-c1cc(=O)[nH]c2cc(OC(C)C(=O)N3CCCCC3)ccc12. The van der Waals surface area contributed by atoms with E-state index in [1.54, 1.807) is 19.1 Å². The molecule has 150 valence electrons. The molecule has 5 nitrogen and oxygen atoms in total. The van der Waals surface area contributed by atoms with Crippen molar-refractivity contribution in [2.75, 3.05) is 13.1 Å². The first-order valence-electron chi connectivity index (χ1n) is 10.2. The summed E-state index contributed by atoms with van der Waals surface area (Å²) in [6, 6.07) is 15.3. The van der Waals surface area contributed by atoms with Gasteiger partial charge in [-0.15, -0.1) is 0 Å². The van der Waals surface area contributed by atoms with Crippen LogP contribution in [0.25, 0.3) is 22.0 Å². The van der Waals surface area contributed by atoms with Gasteiger partial charge in [0.25, 0.3) is 5.91 Å². The molecule has 1 fully saturated rings. The van der Waals surface area contributed by atoms with Gasteiger partial charge in [-0.05, 0) is 61.9 Å². The molecule has 1 aromatic heterocycles. The molecule has 2 aromatic carbocycles. The second-order valence-corrected chi connectivity index (χ2v) is 7.72. The number of aromatic nitrogens is 1. The van der Waals surface area contributed by atoms with Crippen molar-refractivity contribution in [2.24, 2.45) is 0 Å². The quantitative estimate of drug-likeness (QED) is 0.723. The van der Waals surface area contributed by atoms with Gasteiger partial charge in [-0.2, -0.15) is 0 Å². The lowest BCUT2D eigenvalue weighted by Gasteiger charge is -2.29. The number of carbonyl (C=O) groups is 1. The predicted molar refractivity (Wildman–Crippen MR) is 115 cm³/mol. The van der Waals surface area contributed by atoms with Gasteiger partial charge in [0.1, 0.15) is 5.75 Å². The summed E-state index contributed by atoms with van der Waals surface area (Å²) in [7, 11) is 0. The number of hydrogen-bond acceptors (Lipinski definition) is 3. The summed E-state index contributed by atoms with van der Waals surface area (Å²) in [5.74, 6) is 0.597. The van der Waals surface area contributed by atoms with Crippen molar-refractivity contribution in [1.82, 2.24) is 9.88 Å². The molecule has 1 aliphatic rings. The predicted octanol–water partition coefficient (Wildman–Crippen LogP) is 4.28. The van der Waals surface area contributed by atoms with E-state index in [9.17, 15) is 9.59 Å². The Morgan fingerprint density at radius 2 is 1.79 bits per heavy atom. The van der Waals surface area contributed by atoms with E-state index in [1.807, 2.05) is 48.2 Å². The zero-order valence-electron chi connectivity index (χ0n) is 16.9. The molecule has 4 rings (SSSR count).